The average molecular weight is 300 g/mol. The molecule has 0 bridgehead atoms. The molecule has 0 saturated carbocycles. The van der Waals surface area contributed by atoms with Crippen molar-refractivity contribution in [2.45, 2.75) is 64.0 Å². The first-order chi connectivity index (χ1) is 10.6. The average Bonchev–Trinajstić information content (AvgIpc) is 3.16. The summed E-state index contributed by atoms with van der Waals surface area (Å²) in [6.07, 6.45) is 8.41. The lowest BCUT2D eigenvalue weighted by Gasteiger charge is -2.21. The van der Waals surface area contributed by atoms with Gasteiger partial charge in [-0.05, 0) is 75.3 Å². The van der Waals surface area contributed by atoms with Crippen molar-refractivity contribution in [3.8, 4) is 0 Å². The molecule has 3 nitrogen and oxygen atoms in total. The lowest BCUT2D eigenvalue weighted by molar-refractivity contribution is 0.0473. The lowest BCUT2D eigenvalue weighted by atomic mass is 9.93. The molecule has 2 atom stereocenters. The number of benzene rings is 1. The van der Waals surface area contributed by atoms with Crippen LogP contribution in [0, 0.1) is 0 Å². The summed E-state index contributed by atoms with van der Waals surface area (Å²) in [7, 11) is 0. The first kappa shape index (κ1) is 15.6. The summed E-state index contributed by atoms with van der Waals surface area (Å²) in [5.74, 6) is 0. The third-order valence-electron chi connectivity index (χ3n) is 5.17. The molecule has 0 amide bonds. The van der Waals surface area contributed by atoms with Gasteiger partial charge in [-0.1, -0.05) is 13.0 Å². The molecule has 2 heterocycles. The minimum atomic E-state index is -0.552. The lowest BCUT2D eigenvalue weighted by Crippen LogP contribution is -2.23. The van der Waals surface area contributed by atoms with Crippen LogP contribution in [-0.4, -0.2) is 28.3 Å². The van der Waals surface area contributed by atoms with Gasteiger partial charge >= 0.3 is 0 Å². The molecular weight excluding hydrogens is 272 g/mol. The molecule has 0 aliphatic carbocycles. The van der Waals surface area contributed by atoms with E-state index in [4.69, 9.17) is 0 Å². The summed E-state index contributed by atoms with van der Waals surface area (Å²) in [6, 6.07) is 7.30. The summed E-state index contributed by atoms with van der Waals surface area (Å²) in [6.45, 7) is 5.13. The normalized spacial score (nSPS) is 21.3. The van der Waals surface area contributed by atoms with Gasteiger partial charge in [0.1, 0.15) is 0 Å². The molecule has 1 aliphatic heterocycles. The maximum atomic E-state index is 10.2. The van der Waals surface area contributed by atoms with E-state index in [9.17, 15) is 5.11 Å². The van der Waals surface area contributed by atoms with E-state index in [1.165, 1.54) is 34.9 Å². The summed E-state index contributed by atoms with van der Waals surface area (Å²) < 4.78 is 0. The predicted octanol–water partition coefficient (Wildman–Crippen LogP) is 3.56. The number of aromatic nitrogens is 1. The van der Waals surface area contributed by atoms with Gasteiger partial charge in [0.25, 0.3) is 0 Å². The van der Waals surface area contributed by atoms with Gasteiger partial charge in [-0.25, -0.2) is 0 Å². The van der Waals surface area contributed by atoms with E-state index < -0.39 is 5.60 Å². The molecule has 1 unspecified atom stereocenters. The van der Waals surface area contributed by atoms with Crippen molar-refractivity contribution in [1.29, 1.82) is 0 Å². The molecule has 0 spiro atoms. The Hall–Kier alpha value is -1.32. The second kappa shape index (κ2) is 6.43. The number of H-pyrrole nitrogens is 1. The molecule has 1 fully saturated rings. The van der Waals surface area contributed by atoms with Gasteiger partial charge in [-0.15, -0.1) is 0 Å². The van der Waals surface area contributed by atoms with Crippen molar-refractivity contribution in [3.05, 3.63) is 35.5 Å². The maximum Gasteiger partial charge on any atom is 0.0620 e. The van der Waals surface area contributed by atoms with Crippen molar-refractivity contribution in [2.24, 2.45) is 0 Å². The third-order valence-corrected chi connectivity index (χ3v) is 5.17. The maximum absolute atomic E-state index is 10.2. The van der Waals surface area contributed by atoms with Crippen LogP contribution in [0.4, 0.5) is 0 Å². The van der Waals surface area contributed by atoms with Gasteiger partial charge in [0, 0.05) is 23.1 Å². The van der Waals surface area contributed by atoms with Crippen molar-refractivity contribution in [3.63, 3.8) is 0 Å². The Kier molecular flexibility index (Phi) is 4.55. The topological polar surface area (TPSA) is 48.0 Å². The number of hydrogen-bond donors (Lipinski definition) is 3. The van der Waals surface area contributed by atoms with Crippen LogP contribution in [0.15, 0.2) is 24.4 Å². The monoisotopic (exact) mass is 300 g/mol. The Balaban J connectivity index is 1.75. The summed E-state index contributed by atoms with van der Waals surface area (Å²) in [5, 5.41) is 15.1. The van der Waals surface area contributed by atoms with E-state index in [0.29, 0.717) is 6.04 Å². The Bertz CT molecular complexity index is 623. The number of aromatic amines is 1. The Morgan fingerprint density at radius 2 is 2.23 bits per heavy atom. The fraction of sp³-hybridized carbons (Fsp3) is 0.579. The highest BCUT2D eigenvalue weighted by molar-refractivity contribution is 5.84. The van der Waals surface area contributed by atoms with Crippen molar-refractivity contribution in [1.82, 2.24) is 10.3 Å². The second-order valence-electron chi connectivity index (χ2n) is 7.04. The zero-order valence-corrected chi connectivity index (χ0v) is 13.8. The number of hydrogen-bond acceptors (Lipinski definition) is 2. The number of fused-ring (bicyclic) bond motifs is 1. The highest BCUT2D eigenvalue weighted by atomic mass is 16.3. The molecule has 1 aliphatic rings. The van der Waals surface area contributed by atoms with Crippen LogP contribution >= 0.6 is 0 Å². The van der Waals surface area contributed by atoms with E-state index in [1.807, 2.05) is 13.8 Å². The molecule has 3 rings (SSSR count). The first-order valence-corrected chi connectivity index (χ1v) is 8.62. The molecule has 1 aromatic heterocycles. The highest BCUT2D eigenvalue weighted by Gasteiger charge is 2.18. The van der Waals surface area contributed by atoms with Crippen LogP contribution in [-0.2, 0) is 12.8 Å². The van der Waals surface area contributed by atoms with E-state index in [0.717, 1.165) is 32.2 Å². The molecule has 22 heavy (non-hydrogen) atoms. The highest BCUT2D eigenvalue weighted by Crippen LogP contribution is 2.25. The zero-order valence-electron chi connectivity index (χ0n) is 13.8. The number of nitrogens with one attached hydrogen (secondary N) is 2. The van der Waals surface area contributed by atoms with E-state index in [-0.39, 0.29) is 0 Å². The fourth-order valence-electron chi connectivity index (χ4n) is 3.34. The Labute approximate surface area is 133 Å². The number of aryl methyl sites for hydroxylation is 1. The minimum absolute atomic E-state index is 0.552. The SMILES string of the molecule is CCC(C)(O)CCc1ccc2[nH]cc(C[C@H]3CCCN3)c2c1. The van der Waals surface area contributed by atoms with E-state index in [1.54, 1.807) is 0 Å². The molecular formula is C19H28N2O. The van der Waals surface area contributed by atoms with Crippen LogP contribution < -0.4 is 5.32 Å². The summed E-state index contributed by atoms with van der Waals surface area (Å²) in [5.41, 5.74) is 3.41. The summed E-state index contributed by atoms with van der Waals surface area (Å²) >= 11 is 0. The number of rotatable bonds is 6. The van der Waals surface area contributed by atoms with Gasteiger partial charge < -0.3 is 15.4 Å². The fourth-order valence-corrected chi connectivity index (χ4v) is 3.34. The summed E-state index contributed by atoms with van der Waals surface area (Å²) in [4.78, 5) is 3.40. The zero-order chi connectivity index (χ0) is 15.6. The predicted molar refractivity (Wildman–Crippen MR) is 92.3 cm³/mol. The second-order valence-corrected chi connectivity index (χ2v) is 7.04. The Morgan fingerprint density at radius 1 is 1.36 bits per heavy atom. The van der Waals surface area contributed by atoms with Gasteiger partial charge in [-0.2, -0.15) is 0 Å². The molecule has 0 radical (unpaired) electrons. The third kappa shape index (κ3) is 3.53. The van der Waals surface area contributed by atoms with Gasteiger partial charge in [0.15, 0.2) is 0 Å². The van der Waals surface area contributed by atoms with E-state index in [2.05, 4.69) is 34.7 Å². The van der Waals surface area contributed by atoms with E-state index >= 15 is 0 Å². The van der Waals surface area contributed by atoms with Crippen molar-refractivity contribution < 1.29 is 5.11 Å². The van der Waals surface area contributed by atoms with Crippen LogP contribution in [0.5, 0.6) is 0 Å². The molecule has 3 N–H and O–H groups in total. The van der Waals surface area contributed by atoms with Crippen LogP contribution in [0.1, 0.15) is 50.7 Å². The largest absolute Gasteiger partial charge is 0.390 e. The molecule has 1 aromatic carbocycles. The quantitative estimate of drug-likeness (QED) is 0.764. The van der Waals surface area contributed by atoms with Crippen LogP contribution in [0.25, 0.3) is 10.9 Å². The molecule has 1 saturated heterocycles. The first-order valence-electron chi connectivity index (χ1n) is 8.62. The van der Waals surface area contributed by atoms with Crippen molar-refractivity contribution >= 4 is 10.9 Å². The minimum Gasteiger partial charge on any atom is -0.390 e. The number of aliphatic hydroxyl groups is 1. The van der Waals surface area contributed by atoms with Gasteiger partial charge in [-0.3, -0.25) is 0 Å². The molecule has 3 heteroatoms. The molecule has 120 valence electrons. The van der Waals surface area contributed by atoms with Crippen LogP contribution in [0.3, 0.4) is 0 Å². The van der Waals surface area contributed by atoms with Gasteiger partial charge in [0.05, 0.1) is 5.60 Å². The molecule has 2 aromatic rings. The van der Waals surface area contributed by atoms with Crippen molar-refractivity contribution in [2.75, 3.05) is 6.54 Å². The van der Waals surface area contributed by atoms with Crippen LogP contribution in [0.2, 0.25) is 0 Å². The Morgan fingerprint density at radius 3 is 2.95 bits per heavy atom. The smallest absolute Gasteiger partial charge is 0.0620 e. The van der Waals surface area contributed by atoms with Gasteiger partial charge in [0.2, 0.25) is 0 Å². The standard InChI is InChI=1S/C19H28N2O/c1-3-19(2,22)9-8-14-6-7-18-17(11-14)15(13-21-18)12-16-5-4-10-20-16/h6-7,11,13,16,20-22H,3-5,8-10,12H2,1-2H3/t16-,19?/m1/s1.